The van der Waals surface area contributed by atoms with Crippen LogP contribution in [0.1, 0.15) is 19.0 Å². The molecule has 0 atom stereocenters. The van der Waals surface area contributed by atoms with Gasteiger partial charge in [0.05, 0.1) is 0 Å². The number of hydrogen-bond acceptors (Lipinski definition) is 1. The van der Waals surface area contributed by atoms with Crippen molar-refractivity contribution in [3.63, 3.8) is 0 Å². The average molecular weight is 152 g/mol. The van der Waals surface area contributed by atoms with E-state index in [-0.39, 0.29) is 0 Å². The van der Waals surface area contributed by atoms with Crippen LogP contribution in [-0.4, -0.2) is 11.1 Å². The number of nitrogens with two attached hydrogens (primary N) is 1. The summed E-state index contributed by atoms with van der Waals surface area (Å²) in [5.41, 5.74) is 6.83. The lowest BCUT2D eigenvalue weighted by Crippen LogP contribution is -2.08. The molecule has 2 N–H and O–H groups in total. The van der Waals surface area contributed by atoms with E-state index in [0.29, 0.717) is 0 Å². The van der Waals surface area contributed by atoms with Crippen LogP contribution < -0.4 is 5.73 Å². The second kappa shape index (κ2) is 4.19. The van der Waals surface area contributed by atoms with Gasteiger partial charge in [0.2, 0.25) is 0 Å². The van der Waals surface area contributed by atoms with Crippen molar-refractivity contribution in [2.24, 2.45) is 5.73 Å². The zero-order valence-corrected chi connectivity index (χ0v) is 7.09. The van der Waals surface area contributed by atoms with Crippen molar-refractivity contribution in [1.82, 2.24) is 4.57 Å². The Balaban J connectivity index is 2.62. The highest BCUT2D eigenvalue weighted by molar-refractivity contribution is 5.07. The molecular formula is C9H16N2. The van der Waals surface area contributed by atoms with E-state index in [2.05, 4.69) is 29.8 Å². The van der Waals surface area contributed by atoms with Crippen LogP contribution in [0.4, 0.5) is 0 Å². The van der Waals surface area contributed by atoms with Crippen molar-refractivity contribution in [3.05, 3.63) is 24.0 Å². The third kappa shape index (κ3) is 2.09. The smallest absolute Gasteiger partial charge is 0.0219 e. The molecule has 1 aromatic heterocycles. The van der Waals surface area contributed by atoms with Gasteiger partial charge in [0, 0.05) is 18.4 Å². The molecule has 0 saturated heterocycles. The first-order valence-electron chi connectivity index (χ1n) is 4.22. The van der Waals surface area contributed by atoms with Crippen LogP contribution in [0.5, 0.6) is 0 Å². The minimum Gasteiger partial charge on any atom is -0.351 e. The predicted molar refractivity (Wildman–Crippen MR) is 47.5 cm³/mol. The molecule has 0 radical (unpaired) electrons. The maximum atomic E-state index is 5.47. The minimum atomic E-state index is 0.744. The Morgan fingerprint density at radius 2 is 2.36 bits per heavy atom. The Morgan fingerprint density at radius 3 is 3.00 bits per heavy atom. The van der Waals surface area contributed by atoms with Gasteiger partial charge in [-0.05, 0) is 31.5 Å². The molecule has 0 aliphatic carbocycles. The van der Waals surface area contributed by atoms with Gasteiger partial charge in [0.1, 0.15) is 0 Å². The van der Waals surface area contributed by atoms with Gasteiger partial charge in [-0.1, -0.05) is 6.92 Å². The Kier molecular flexibility index (Phi) is 3.17. The van der Waals surface area contributed by atoms with Gasteiger partial charge in [0.15, 0.2) is 0 Å². The van der Waals surface area contributed by atoms with E-state index in [0.717, 1.165) is 19.5 Å². The summed E-state index contributed by atoms with van der Waals surface area (Å²) in [6.07, 6.45) is 4.30. The highest BCUT2D eigenvalue weighted by atomic mass is 15.0. The van der Waals surface area contributed by atoms with Crippen LogP contribution in [-0.2, 0) is 13.0 Å². The molecule has 0 saturated carbocycles. The number of hydrogen-bond donors (Lipinski definition) is 1. The monoisotopic (exact) mass is 152 g/mol. The normalized spacial score (nSPS) is 10.4. The van der Waals surface area contributed by atoms with Gasteiger partial charge in [-0.3, -0.25) is 0 Å². The van der Waals surface area contributed by atoms with E-state index in [1.54, 1.807) is 0 Å². The third-order valence-corrected chi connectivity index (χ3v) is 1.79. The first-order chi connectivity index (χ1) is 5.38. The summed E-state index contributed by atoms with van der Waals surface area (Å²) in [7, 11) is 0. The van der Waals surface area contributed by atoms with Gasteiger partial charge >= 0.3 is 0 Å². The lowest BCUT2D eigenvalue weighted by atomic mass is 10.3. The van der Waals surface area contributed by atoms with Gasteiger partial charge in [-0.2, -0.15) is 0 Å². The summed E-state index contributed by atoms with van der Waals surface area (Å²) < 4.78 is 2.27. The number of aromatic nitrogens is 1. The maximum Gasteiger partial charge on any atom is 0.0219 e. The fourth-order valence-corrected chi connectivity index (χ4v) is 1.28. The fourth-order valence-electron chi connectivity index (χ4n) is 1.28. The van der Waals surface area contributed by atoms with Crippen LogP contribution >= 0.6 is 0 Å². The number of aryl methyl sites for hydroxylation is 1. The first-order valence-corrected chi connectivity index (χ1v) is 4.22. The predicted octanol–water partition coefficient (Wildman–Crippen LogP) is 1.40. The summed E-state index contributed by atoms with van der Waals surface area (Å²) in [5, 5.41) is 0. The molecule has 62 valence electrons. The van der Waals surface area contributed by atoms with E-state index in [9.17, 15) is 0 Å². The first kappa shape index (κ1) is 8.34. The standard InChI is InChI=1S/C9H16N2/c1-2-7-11-8-3-4-9(11)5-6-10/h3-4,8H,2,5-7,10H2,1H3. The Morgan fingerprint density at radius 1 is 1.55 bits per heavy atom. The Bertz CT molecular complexity index is 183. The van der Waals surface area contributed by atoms with Crippen LogP contribution in [0.2, 0.25) is 0 Å². The molecule has 0 amide bonds. The fraction of sp³-hybridized carbons (Fsp3) is 0.556. The van der Waals surface area contributed by atoms with E-state index < -0.39 is 0 Å². The summed E-state index contributed by atoms with van der Waals surface area (Å²) >= 11 is 0. The van der Waals surface area contributed by atoms with Gasteiger partial charge in [-0.15, -0.1) is 0 Å². The van der Waals surface area contributed by atoms with E-state index in [1.807, 2.05) is 0 Å². The molecule has 1 aromatic rings. The maximum absolute atomic E-state index is 5.47. The summed E-state index contributed by atoms with van der Waals surface area (Å²) in [4.78, 5) is 0. The molecule has 0 aliphatic rings. The molecule has 0 unspecified atom stereocenters. The van der Waals surface area contributed by atoms with Crippen molar-refractivity contribution >= 4 is 0 Å². The van der Waals surface area contributed by atoms with Gasteiger partial charge in [-0.25, -0.2) is 0 Å². The van der Waals surface area contributed by atoms with E-state index in [1.165, 1.54) is 12.1 Å². The molecule has 2 nitrogen and oxygen atoms in total. The van der Waals surface area contributed by atoms with Crippen LogP contribution in [0, 0.1) is 0 Å². The van der Waals surface area contributed by atoms with Crippen LogP contribution in [0.15, 0.2) is 18.3 Å². The van der Waals surface area contributed by atoms with E-state index >= 15 is 0 Å². The topological polar surface area (TPSA) is 30.9 Å². The molecule has 0 bridgehead atoms. The second-order valence-electron chi connectivity index (χ2n) is 2.73. The highest BCUT2D eigenvalue weighted by Gasteiger charge is 1.96. The van der Waals surface area contributed by atoms with Crippen molar-refractivity contribution in [2.45, 2.75) is 26.3 Å². The largest absolute Gasteiger partial charge is 0.351 e. The molecule has 0 spiro atoms. The molecule has 1 rings (SSSR count). The zero-order chi connectivity index (χ0) is 8.10. The van der Waals surface area contributed by atoms with Crippen LogP contribution in [0.25, 0.3) is 0 Å². The third-order valence-electron chi connectivity index (χ3n) is 1.79. The number of rotatable bonds is 4. The van der Waals surface area contributed by atoms with Gasteiger partial charge < -0.3 is 10.3 Å². The SMILES string of the molecule is CCCn1cccc1CCN. The van der Waals surface area contributed by atoms with Crippen molar-refractivity contribution in [3.8, 4) is 0 Å². The summed E-state index contributed by atoms with van der Waals surface area (Å²) in [6, 6.07) is 4.23. The Labute approximate surface area is 68.0 Å². The number of nitrogens with zero attached hydrogens (tertiary/aromatic N) is 1. The lowest BCUT2D eigenvalue weighted by Gasteiger charge is -2.05. The second-order valence-corrected chi connectivity index (χ2v) is 2.73. The summed E-state index contributed by atoms with van der Waals surface area (Å²) in [5.74, 6) is 0. The zero-order valence-electron chi connectivity index (χ0n) is 7.09. The highest BCUT2D eigenvalue weighted by Crippen LogP contribution is 2.03. The molecule has 0 aliphatic heterocycles. The molecule has 11 heavy (non-hydrogen) atoms. The quantitative estimate of drug-likeness (QED) is 0.694. The van der Waals surface area contributed by atoms with Gasteiger partial charge in [0.25, 0.3) is 0 Å². The summed E-state index contributed by atoms with van der Waals surface area (Å²) in [6.45, 7) is 4.04. The van der Waals surface area contributed by atoms with Crippen molar-refractivity contribution in [2.75, 3.05) is 6.54 Å². The Hall–Kier alpha value is -0.760. The molecular weight excluding hydrogens is 136 g/mol. The average Bonchev–Trinajstić information content (AvgIpc) is 2.39. The van der Waals surface area contributed by atoms with E-state index in [4.69, 9.17) is 5.73 Å². The molecule has 0 fully saturated rings. The molecule has 1 heterocycles. The molecule has 2 heteroatoms. The van der Waals surface area contributed by atoms with Crippen molar-refractivity contribution in [1.29, 1.82) is 0 Å². The van der Waals surface area contributed by atoms with Crippen LogP contribution in [0.3, 0.4) is 0 Å². The molecule has 0 aromatic carbocycles. The van der Waals surface area contributed by atoms with Crippen molar-refractivity contribution < 1.29 is 0 Å². The lowest BCUT2D eigenvalue weighted by molar-refractivity contribution is 0.647. The minimum absolute atomic E-state index is 0.744.